The number of nitrogens with two attached hydrogens (primary N) is 1. The van der Waals surface area contributed by atoms with Gasteiger partial charge < -0.3 is 15.2 Å². The maximum Gasteiger partial charge on any atom is 0.161 e. The molecule has 1 aliphatic rings. The van der Waals surface area contributed by atoms with Crippen LogP contribution in [0.4, 0.5) is 0 Å². The summed E-state index contributed by atoms with van der Waals surface area (Å²) in [5, 5.41) is 0. The van der Waals surface area contributed by atoms with Crippen molar-refractivity contribution in [2.45, 2.75) is 19.9 Å². The summed E-state index contributed by atoms with van der Waals surface area (Å²) in [6.07, 6.45) is 0. The first-order valence-electron chi connectivity index (χ1n) is 6.74. The SMILES string of the molecule is Cc1ccc(C(N)c2ccc3c(c2)OCCO3)c(C)n1. The Morgan fingerprint density at radius 2 is 1.80 bits per heavy atom. The molecular formula is C16H18N2O2. The molecule has 0 saturated carbocycles. The minimum atomic E-state index is -0.209. The van der Waals surface area contributed by atoms with Crippen LogP contribution in [0.1, 0.15) is 28.6 Å². The number of ether oxygens (including phenoxy) is 2. The summed E-state index contributed by atoms with van der Waals surface area (Å²) in [6.45, 7) is 5.14. The number of aryl methyl sites for hydroxylation is 2. The molecule has 2 heterocycles. The molecule has 2 aromatic rings. The van der Waals surface area contributed by atoms with E-state index in [0.29, 0.717) is 13.2 Å². The molecule has 0 aliphatic carbocycles. The van der Waals surface area contributed by atoms with Gasteiger partial charge in [-0.1, -0.05) is 12.1 Å². The molecule has 0 bridgehead atoms. The molecule has 3 rings (SSSR count). The number of rotatable bonds is 2. The van der Waals surface area contributed by atoms with Crippen LogP contribution in [0.25, 0.3) is 0 Å². The molecule has 0 saturated heterocycles. The number of hydrogen-bond donors (Lipinski definition) is 1. The van der Waals surface area contributed by atoms with Crippen molar-refractivity contribution in [1.82, 2.24) is 4.98 Å². The monoisotopic (exact) mass is 270 g/mol. The van der Waals surface area contributed by atoms with Crippen LogP contribution in [-0.4, -0.2) is 18.2 Å². The van der Waals surface area contributed by atoms with Crippen LogP contribution in [0.2, 0.25) is 0 Å². The predicted octanol–water partition coefficient (Wildman–Crippen LogP) is 2.52. The van der Waals surface area contributed by atoms with E-state index in [0.717, 1.165) is 34.0 Å². The van der Waals surface area contributed by atoms with Gasteiger partial charge in [0.15, 0.2) is 11.5 Å². The second-order valence-corrected chi connectivity index (χ2v) is 5.01. The Labute approximate surface area is 118 Å². The highest BCUT2D eigenvalue weighted by Crippen LogP contribution is 2.33. The van der Waals surface area contributed by atoms with E-state index in [9.17, 15) is 0 Å². The van der Waals surface area contributed by atoms with Gasteiger partial charge in [-0.3, -0.25) is 4.98 Å². The summed E-state index contributed by atoms with van der Waals surface area (Å²) in [5.74, 6) is 1.55. The fourth-order valence-electron chi connectivity index (χ4n) is 2.46. The summed E-state index contributed by atoms with van der Waals surface area (Å²) >= 11 is 0. The molecule has 4 heteroatoms. The van der Waals surface area contributed by atoms with Crippen molar-refractivity contribution in [2.24, 2.45) is 5.73 Å². The van der Waals surface area contributed by atoms with Gasteiger partial charge in [0.1, 0.15) is 13.2 Å². The number of fused-ring (bicyclic) bond motifs is 1. The summed E-state index contributed by atoms with van der Waals surface area (Å²) in [7, 11) is 0. The standard InChI is InChI=1S/C16H18N2O2/c1-10-3-5-13(11(2)18-10)16(17)12-4-6-14-15(9-12)20-8-7-19-14/h3-6,9,16H,7-8,17H2,1-2H3. The molecule has 1 aliphatic heterocycles. The van der Waals surface area contributed by atoms with E-state index in [1.807, 2.05) is 44.2 Å². The fraction of sp³-hybridized carbons (Fsp3) is 0.312. The summed E-state index contributed by atoms with van der Waals surface area (Å²) in [5.41, 5.74) is 10.4. The van der Waals surface area contributed by atoms with Crippen molar-refractivity contribution in [2.75, 3.05) is 13.2 Å². The summed E-state index contributed by atoms with van der Waals surface area (Å²) in [6, 6.07) is 9.68. The van der Waals surface area contributed by atoms with Crippen LogP contribution in [0.3, 0.4) is 0 Å². The molecule has 4 nitrogen and oxygen atoms in total. The van der Waals surface area contributed by atoms with Crippen molar-refractivity contribution >= 4 is 0 Å². The van der Waals surface area contributed by atoms with Crippen LogP contribution < -0.4 is 15.2 Å². The van der Waals surface area contributed by atoms with Crippen molar-refractivity contribution in [3.8, 4) is 11.5 Å². The van der Waals surface area contributed by atoms with Gasteiger partial charge in [0, 0.05) is 11.4 Å². The molecule has 104 valence electrons. The molecule has 0 fully saturated rings. The summed E-state index contributed by atoms with van der Waals surface area (Å²) in [4.78, 5) is 4.47. The van der Waals surface area contributed by atoms with E-state index in [1.54, 1.807) is 0 Å². The third-order valence-corrected chi connectivity index (χ3v) is 3.53. The van der Waals surface area contributed by atoms with E-state index in [4.69, 9.17) is 15.2 Å². The second-order valence-electron chi connectivity index (χ2n) is 5.01. The first-order valence-corrected chi connectivity index (χ1v) is 6.74. The number of aromatic nitrogens is 1. The molecular weight excluding hydrogens is 252 g/mol. The summed E-state index contributed by atoms with van der Waals surface area (Å²) < 4.78 is 11.1. The van der Waals surface area contributed by atoms with Gasteiger partial charge >= 0.3 is 0 Å². The Balaban J connectivity index is 1.95. The van der Waals surface area contributed by atoms with Gasteiger partial charge in [0.05, 0.1) is 6.04 Å². The Bertz CT molecular complexity index is 640. The normalized spacial score (nSPS) is 14.9. The van der Waals surface area contributed by atoms with Crippen molar-refractivity contribution < 1.29 is 9.47 Å². The average Bonchev–Trinajstić information content (AvgIpc) is 2.46. The Kier molecular flexibility index (Phi) is 3.32. The van der Waals surface area contributed by atoms with Crippen LogP contribution in [0.5, 0.6) is 11.5 Å². The van der Waals surface area contributed by atoms with E-state index < -0.39 is 0 Å². The highest BCUT2D eigenvalue weighted by Gasteiger charge is 2.17. The van der Waals surface area contributed by atoms with E-state index in [1.165, 1.54) is 0 Å². The van der Waals surface area contributed by atoms with Gasteiger partial charge in [0.2, 0.25) is 0 Å². The van der Waals surface area contributed by atoms with Gasteiger partial charge in [-0.05, 0) is 43.2 Å². The number of benzene rings is 1. The highest BCUT2D eigenvalue weighted by molar-refractivity contribution is 5.46. The molecule has 1 aromatic carbocycles. The third-order valence-electron chi connectivity index (χ3n) is 3.53. The van der Waals surface area contributed by atoms with E-state index >= 15 is 0 Å². The number of nitrogens with zero attached hydrogens (tertiary/aromatic N) is 1. The molecule has 1 aromatic heterocycles. The second kappa shape index (κ2) is 5.13. The van der Waals surface area contributed by atoms with Crippen molar-refractivity contribution in [3.05, 3.63) is 52.8 Å². The van der Waals surface area contributed by atoms with Crippen LogP contribution in [0, 0.1) is 13.8 Å². The van der Waals surface area contributed by atoms with Crippen molar-refractivity contribution in [3.63, 3.8) is 0 Å². The lowest BCUT2D eigenvalue weighted by atomic mass is 9.98. The Morgan fingerprint density at radius 1 is 1.05 bits per heavy atom. The molecule has 1 atom stereocenters. The minimum absolute atomic E-state index is 0.209. The van der Waals surface area contributed by atoms with Gasteiger partial charge in [-0.25, -0.2) is 0 Å². The van der Waals surface area contributed by atoms with Gasteiger partial charge in [-0.15, -0.1) is 0 Å². The van der Waals surface area contributed by atoms with Crippen LogP contribution in [-0.2, 0) is 0 Å². The molecule has 0 spiro atoms. The zero-order valence-corrected chi connectivity index (χ0v) is 11.7. The maximum absolute atomic E-state index is 6.36. The Hall–Kier alpha value is -2.07. The highest BCUT2D eigenvalue weighted by atomic mass is 16.6. The molecule has 1 unspecified atom stereocenters. The van der Waals surface area contributed by atoms with Gasteiger partial charge in [0.25, 0.3) is 0 Å². The number of hydrogen-bond acceptors (Lipinski definition) is 4. The predicted molar refractivity (Wildman–Crippen MR) is 77.2 cm³/mol. The first kappa shape index (κ1) is 12.9. The Morgan fingerprint density at radius 3 is 2.55 bits per heavy atom. The maximum atomic E-state index is 6.36. The lowest BCUT2D eigenvalue weighted by Gasteiger charge is -2.21. The smallest absolute Gasteiger partial charge is 0.161 e. The topological polar surface area (TPSA) is 57.4 Å². The van der Waals surface area contributed by atoms with Crippen LogP contribution in [0.15, 0.2) is 30.3 Å². The molecule has 20 heavy (non-hydrogen) atoms. The molecule has 0 amide bonds. The molecule has 0 radical (unpaired) electrons. The fourth-order valence-corrected chi connectivity index (χ4v) is 2.46. The third kappa shape index (κ3) is 2.34. The van der Waals surface area contributed by atoms with Crippen LogP contribution >= 0.6 is 0 Å². The van der Waals surface area contributed by atoms with E-state index in [2.05, 4.69) is 4.98 Å². The zero-order chi connectivity index (χ0) is 14.1. The quantitative estimate of drug-likeness (QED) is 0.911. The average molecular weight is 270 g/mol. The first-order chi connectivity index (χ1) is 9.65. The minimum Gasteiger partial charge on any atom is -0.486 e. The zero-order valence-electron chi connectivity index (χ0n) is 11.7. The van der Waals surface area contributed by atoms with Gasteiger partial charge in [-0.2, -0.15) is 0 Å². The van der Waals surface area contributed by atoms with Crippen molar-refractivity contribution in [1.29, 1.82) is 0 Å². The lowest BCUT2D eigenvalue weighted by Crippen LogP contribution is -2.17. The lowest BCUT2D eigenvalue weighted by molar-refractivity contribution is 0.171. The number of pyridine rings is 1. The largest absolute Gasteiger partial charge is 0.486 e. The molecule has 2 N–H and O–H groups in total. The van der Waals surface area contributed by atoms with E-state index in [-0.39, 0.29) is 6.04 Å².